The average Bonchev–Trinajstić information content (AvgIpc) is 2.49. The van der Waals surface area contributed by atoms with Crippen LogP contribution in [0.1, 0.15) is 37.7 Å². The summed E-state index contributed by atoms with van der Waals surface area (Å²) < 4.78 is 38.2. The van der Waals surface area contributed by atoms with Crippen molar-refractivity contribution in [3.05, 3.63) is 29.8 Å². The number of hydrogen-bond acceptors (Lipinski definition) is 2. The van der Waals surface area contributed by atoms with Gasteiger partial charge in [0.05, 0.1) is 5.56 Å². The van der Waals surface area contributed by atoms with Gasteiger partial charge in [0, 0.05) is 12.2 Å². The summed E-state index contributed by atoms with van der Waals surface area (Å²) in [6.07, 6.45) is 2.60. The van der Waals surface area contributed by atoms with Crippen LogP contribution in [0.3, 0.4) is 0 Å². The number of rotatable bonds is 4. The van der Waals surface area contributed by atoms with Crippen LogP contribution in [0.25, 0.3) is 0 Å². The Morgan fingerprint density at radius 3 is 2.22 bits per heavy atom. The van der Waals surface area contributed by atoms with Gasteiger partial charge in [0.2, 0.25) is 0 Å². The first-order valence-electron chi connectivity index (χ1n) is 8.65. The molecule has 5 heteroatoms. The minimum Gasteiger partial charge on any atom is -0.321 e. The molecule has 0 saturated heterocycles. The molecule has 0 spiro atoms. The van der Waals surface area contributed by atoms with E-state index in [0.29, 0.717) is 11.6 Å². The van der Waals surface area contributed by atoms with Crippen LogP contribution in [0.4, 0.5) is 18.9 Å². The summed E-state index contributed by atoms with van der Waals surface area (Å²) in [5.41, 5.74) is 6.02. The SMILES string of the molecule is FC(F)(F)c1cccc(NNCC2C3CC4CC(C3)CC2C4)c1. The van der Waals surface area contributed by atoms with Crippen molar-refractivity contribution in [1.82, 2.24) is 5.43 Å². The van der Waals surface area contributed by atoms with Crippen molar-refractivity contribution in [3.8, 4) is 0 Å². The molecule has 2 nitrogen and oxygen atoms in total. The molecule has 126 valence electrons. The Kier molecular flexibility index (Phi) is 3.79. The van der Waals surface area contributed by atoms with Gasteiger partial charge in [-0.05, 0) is 79.9 Å². The molecule has 4 bridgehead atoms. The Morgan fingerprint density at radius 1 is 0.957 bits per heavy atom. The molecule has 4 saturated carbocycles. The highest BCUT2D eigenvalue weighted by Crippen LogP contribution is 2.56. The van der Waals surface area contributed by atoms with Crippen LogP contribution in [0, 0.1) is 29.6 Å². The van der Waals surface area contributed by atoms with E-state index in [0.717, 1.165) is 42.3 Å². The highest BCUT2D eigenvalue weighted by molar-refractivity contribution is 5.45. The van der Waals surface area contributed by atoms with Crippen LogP contribution in [0.2, 0.25) is 0 Å². The van der Waals surface area contributed by atoms with E-state index in [9.17, 15) is 13.2 Å². The molecular formula is C18H23F3N2. The van der Waals surface area contributed by atoms with Crippen LogP contribution in [-0.4, -0.2) is 6.54 Å². The van der Waals surface area contributed by atoms with Crippen molar-refractivity contribution in [2.45, 2.75) is 38.3 Å². The molecule has 0 heterocycles. The second-order valence-electron chi connectivity index (χ2n) is 7.68. The third-order valence-electron chi connectivity index (χ3n) is 6.18. The molecule has 0 atom stereocenters. The first-order valence-corrected chi connectivity index (χ1v) is 8.65. The first-order chi connectivity index (χ1) is 11.0. The van der Waals surface area contributed by atoms with Crippen molar-refractivity contribution < 1.29 is 13.2 Å². The number of halogens is 3. The van der Waals surface area contributed by atoms with E-state index in [4.69, 9.17) is 0 Å². The van der Waals surface area contributed by atoms with Crippen LogP contribution in [-0.2, 0) is 6.18 Å². The van der Waals surface area contributed by atoms with E-state index in [2.05, 4.69) is 10.9 Å². The maximum Gasteiger partial charge on any atom is 0.416 e. The molecule has 4 fully saturated rings. The van der Waals surface area contributed by atoms with Crippen molar-refractivity contribution in [3.63, 3.8) is 0 Å². The lowest BCUT2D eigenvalue weighted by Gasteiger charge is -2.54. The van der Waals surface area contributed by atoms with E-state index in [-0.39, 0.29) is 0 Å². The molecular weight excluding hydrogens is 301 g/mol. The fourth-order valence-corrected chi connectivity index (χ4v) is 5.42. The second-order valence-corrected chi connectivity index (χ2v) is 7.68. The molecule has 0 unspecified atom stereocenters. The van der Waals surface area contributed by atoms with Gasteiger partial charge in [0.1, 0.15) is 0 Å². The summed E-state index contributed by atoms with van der Waals surface area (Å²) in [7, 11) is 0. The van der Waals surface area contributed by atoms with Gasteiger partial charge >= 0.3 is 6.18 Å². The number of benzene rings is 1. The van der Waals surface area contributed by atoms with Gasteiger partial charge in [-0.3, -0.25) is 0 Å². The van der Waals surface area contributed by atoms with Gasteiger partial charge in [-0.15, -0.1) is 0 Å². The fraction of sp³-hybridized carbons (Fsp3) is 0.667. The van der Waals surface area contributed by atoms with Crippen LogP contribution in [0.5, 0.6) is 0 Å². The highest BCUT2D eigenvalue weighted by Gasteiger charge is 2.47. The van der Waals surface area contributed by atoms with E-state index < -0.39 is 11.7 Å². The van der Waals surface area contributed by atoms with Crippen LogP contribution >= 0.6 is 0 Å². The van der Waals surface area contributed by atoms with Gasteiger partial charge < -0.3 is 5.43 Å². The molecule has 1 aromatic carbocycles. The number of hydrogen-bond donors (Lipinski definition) is 2. The van der Waals surface area contributed by atoms with Gasteiger partial charge in [-0.2, -0.15) is 13.2 Å². The van der Waals surface area contributed by atoms with E-state index in [1.165, 1.54) is 38.2 Å². The van der Waals surface area contributed by atoms with Crippen LogP contribution in [0.15, 0.2) is 24.3 Å². The Bertz CT molecular complexity index is 542. The maximum atomic E-state index is 12.7. The van der Waals surface area contributed by atoms with Crippen molar-refractivity contribution in [2.24, 2.45) is 29.6 Å². The Morgan fingerprint density at radius 2 is 1.61 bits per heavy atom. The van der Waals surface area contributed by atoms with Gasteiger partial charge in [-0.1, -0.05) is 6.07 Å². The molecule has 2 N–H and O–H groups in total. The van der Waals surface area contributed by atoms with E-state index >= 15 is 0 Å². The van der Waals surface area contributed by atoms with Crippen molar-refractivity contribution in [1.29, 1.82) is 0 Å². The molecule has 4 aliphatic rings. The van der Waals surface area contributed by atoms with Crippen molar-refractivity contribution >= 4 is 5.69 Å². The number of alkyl halides is 3. The summed E-state index contributed by atoms with van der Waals surface area (Å²) in [5.74, 6) is 4.22. The zero-order valence-electron chi connectivity index (χ0n) is 13.1. The Labute approximate surface area is 134 Å². The Hall–Kier alpha value is -1.23. The maximum absolute atomic E-state index is 12.7. The predicted molar refractivity (Wildman–Crippen MR) is 83.6 cm³/mol. The summed E-state index contributed by atoms with van der Waals surface area (Å²) in [4.78, 5) is 0. The second kappa shape index (κ2) is 5.69. The normalized spacial score (nSPS) is 35.5. The lowest BCUT2D eigenvalue weighted by atomic mass is 9.52. The number of nitrogens with one attached hydrogen (secondary N) is 2. The summed E-state index contributed by atoms with van der Waals surface area (Å²) >= 11 is 0. The van der Waals surface area contributed by atoms with Gasteiger partial charge in [0.25, 0.3) is 0 Å². The van der Waals surface area contributed by atoms with Crippen LogP contribution < -0.4 is 10.9 Å². The number of anilines is 1. The topological polar surface area (TPSA) is 24.1 Å². The standard InChI is InChI=1S/C18H23F3N2/c19-18(20,21)15-2-1-3-16(9-15)23-22-10-17-13-5-11-4-12(7-13)8-14(17)6-11/h1-3,9,11-14,17,22-23H,4-8,10H2. The average molecular weight is 324 g/mol. The minimum absolute atomic E-state index is 0.476. The Balaban J connectivity index is 1.34. The largest absolute Gasteiger partial charge is 0.416 e. The molecule has 0 aliphatic heterocycles. The molecule has 0 aromatic heterocycles. The molecule has 1 aromatic rings. The zero-order valence-corrected chi connectivity index (χ0v) is 13.1. The first kappa shape index (κ1) is 15.3. The minimum atomic E-state index is -4.29. The fourth-order valence-electron chi connectivity index (χ4n) is 5.42. The summed E-state index contributed by atoms with van der Waals surface area (Å²) in [5, 5.41) is 0. The third-order valence-corrected chi connectivity index (χ3v) is 6.18. The predicted octanol–water partition coefficient (Wildman–Crippen LogP) is 4.69. The smallest absolute Gasteiger partial charge is 0.321 e. The van der Waals surface area contributed by atoms with E-state index in [1.807, 2.05) is 0 Å². The monoisotopic (exact) mass is 324 g/mol. The highest BCUT2D eigenvalue weighted by atomic mass is 19.4. The van der Waals surface area contributed by atoms with Gasteiger partial charge in [0.15, 0.2) is 0 Å². The molecule has 0 radical (unpaired) electrons. The summed E-state index contributed by atoms with van der Waals surface area (Å²) in [6.45, 7) is 0.852. The van der Waals surface area contributed by atoms with Gasteiger partial charge in [-0.25, -0.2) is 5.43 Å². The summed E-state index contributed by atoms with van der Waals surface area (Å²) in [6, 6.07) is 5.36. The molecule has 23 heavy (non-hydrogen) atoms. The van der Waals surface area contributed by atoms with Crippen molar-refractivity contribution in [2.75, 3.05) is 12.0 Å². The number of hydrazine groups is 1. The lowest BCUT2D eigenvalue weighted by molar-refractivity contribution is -0.137. The quantitative estimate of drug-likeness (QED) is 0.785. The van der Waals surface area contributed by atoms with E-state index in [1.54, 1.807) is 6.07 Å². The molecule has 0 amide bonds. The molecule has 5 rings (SSSR count). The molecule has 4 aliphatic carbocycles. The lowest BCUT2D eigenvalue weighted by Crippen LogP contribution is -2.49. The zero-order chi connectivity index (χ0) is 16.0. The third kappa shape index (κ3) is 3.08.